The highest BCUT2D eigenvalue weighted by atomic mass is 16.5. The fourth-order valence-corrected chi connectivity index (χ4v) is 3.97. The van der Waals surface area contributed by atoms with Crippen LogP contribution in [-0.4, -0.2) is 43.3 Å². The standard InChI is InChI=1S/C23H26N2O2/c1-23(2)16-18-14-19(25-10-12-27-13-11-25)8-9-20(18)21(24-23)15-22(26)17-6-4-3-5-7-17/h3-9,14H,10-13,15-16H2,1-2H3. The average Bonchev–Trinajstić information content (AvgIpc) is 2.68. The lowest BCUT2D eigenvalue weighted by molar-refractivity contribution is 0.100. The van der Waals surface area contributed by atoms with Gasteiger partial charge in [-0.2, -0.15) is 0 Å². The predicted octanol–water partition coefficient (Wildman–Crippen LogP) is 3.92. The van der Waals surface area contributed by atoms with Crippen LogP contribution < -0.4 is 4.90 Å². The molecule has 0 aliphatic carbocycles. The van der Waals surface area contributed by atoms with Crippen LogP contribution in [0, 0.1) is 0 Å². The number of ether oxygens (including phenoxy) is 1. The Morgan fingerprint density at radius 2 is 1.85 bits per heavy atom. The molecule has 0 atom stereocenters. The van der Waals surface area contributed by atoms with Crippen LogP contribution in [-0.2, 0) is 11.2 Å². The molecule has 0 bridgehead atoms. The van der Waals surface area contributed by atoms with Crippen molar-refractivity contribution >= 4 is 17.2 Å². The normalized spacial score (nSPS) is 18.6. The second-order valence-corrected chi connectivity index (χ2v) is 7.95. The molecule has 4 heteroatoms. The molecule has 0 radical (unpaired) electrons. The van der Waals surface area contributed by atoms with Gasteiger partial charge in [-0.05, 0) is 43.5 Å². The first kappa shape index (κ1) is 17.9. The molecule has 0 unspecified atom stereocenters. The van der Waals surface area contributed by atoms with Gasteiger partial charge in [-0.3, -0.25) is 9.79 Å². The van der Waals surface area contributed by atoms with E-state index in [1.165, 1.54) is 11.3 Å². The molecule has 0 spiro atoms. The van der Waals surface area contributed by atoms with Gasteiger partial charge in [0.15, 0.2) is 5.78 Å². The Labute approximate surface area is 160 Å². The molecule has 27 heavy (non-hydrogen) atoms. The van der Waals surface area contributed by atoms with E-state index in [0.717, 1.165) is 49.6 Å². The molecule has 0 saturated carbocycles. The second kappa shape index (κ2) is 7.28. The third-order valence-corrected chi connectivity index (χ3v) is 5.26. The fourth-order valence-electron chi connectivity index (χ4n) is 3.97. The average molecular weight is 362 g/mol. The lowest BCUT2D eigenvalue weighted by atomic mass is 9.85. The molecule has 2 aromatic rings. The molecular formula is C23H26N2O2. The first-order valence-electron chi connectivity index (χ1n) is 9.65. The third-order valence-electron chi connectivity index (χ3n) is 5.26. The summed E-state index contributed by atoms with van der Waals surface area (Å²) in [5, 5.41) is 0. The van der Waals surface area contributed by atoms with Crippen LogP contribution in [0.4, 0.5) is 5.69 Å². The highest BCUT2D eigenvalue weighted by Crippen LogP contribution is 2.31. The van der Waals surface area contributed by atoms with Crippen molar-refractivity contribution in [2.24, 2.45) is 4.99 Å². The van der Waals surface area contributed by atoms with E-state index >= 15 is 0 Å². The SMILES string of the molecule is CC1(C)Cc2cc(N3CCOCC3)ccc2C(CC(=O)c2ccccc2)=N1. The van der Waals surface area contributed by atoms with Gasteiger partial charge < -0.3 is 9.64 Å². The van der Waals surface area contributed by atoms with Crippen molar-refractivity contribution in [3.63, 3.8) is 0 Å². The second-order valence-electron chi connectivity index (χ2n) is 7.95. The number of rotatable bonds is 4. The van der Waals surface area contributed by atoms with Crippen molar-refractivity contribution in [2.75, 3.05) is 31.2 Å². The molecule has 2 aromatic carbocycles. The van der Waals surface area contributed by atoms with Gasteiger partial charge in [-0.25, -0.2) is 0 Å². The van der Waals surface area contributed by atoms with E-state index in [4.69, 9.17) is 9.73 Å². The van der Waals surface area contributed by atoms with Crippen LogP contribution >= 0.6 is 0 Å². The molecule has 1 fully saturated rings. The van der Waals surface area contributed by atoms with Crippen molar-refractivity contribution < 1.29 is 9.53 Å². The highest BCUT2D eigenvalue weighted by Gasteiger charge is 2.28. The molecule has 0 amide bonds. The molecule has 2 heterocycles. The summed E-state index contributed by atoms with van der Waals surface area (Å²) in [5.74, 6) is 0.121. The van der Waals surface area contributed by atoms with Crippen molar-refractivity contribution in [2.45, 2.75) is 32.2 Å². The van der Waals surface area contributed by atoms with Gasteiger partial charge in [0.2, 0.25) is 0 Å². The minimum absolute atomic E-state index is 0.121. The first-order chi connectivity index (χ1) is 13.0. The number of carbonyl (C=O) groups is 1. The number of Topliss-reactive ketones (excluding diaryl/α,β-unsaturated/α-hetero) is 1. The van der Waals surface area contributed by atoms with Crippen molar-refractivity contribution in [3.8, 4) is 0 Å². The molecular weight excluding hydrogens is 336 g/mol. The summed E-state index contributed by atoms with van der Waals surface area (Å²) < 4.78 is 5.47. The Bertz CT molecular complexity index is 865. The smallest absolute Gasteiger partial charge is 0.168 e. The summed E-state index contributed by atoms with van der Waals surface area (Å²) in [6.07, 6.45) is 1.24. The monoisotopic (exact) mass is 362 g/mol. The number of benzene rings is 2. The predicted molar refractivity (Wildman–Crippen MR) is 109 cm³/mol. The molecule has 0 aromatic heterocycles. The topological polar surface area (TPSA) is 41.9 Å². The van der Waals surface area contributed by atoms with Crippen LogP contribution in [0.5, 0.6) is 0 Å². The summed E-state index contributed by atoms with van der Waals surface area (Å²) in [4.78, 5) is 20.0. The lowest BCUT2D eigenvalue weighted by Gasteiger charge is -2.32. The van der Waals surface area contributed by atoms with E-state index in [1.54, 1.807) is 0 Å². The van der Waals surface area contributed by atoms with E-state index in [2.05, 4.69) is 36.9 Å². The van der Waals surface area contributed by atoms with Crippen molar-refractivity contribution in [1.29, 1.82) is 0 Å². The van der Waals surface area contributed by atoms with Gasteiger partial charge in [-0.15, -0.1) is 0 Å². The Morgan fingerprint density at radius 3 is 2.59 bits per heavy atom. The molecule has 2 aliphatic rings. The van der Waals surface area contributed by atoms with E-state index < -0.39 is 0 Å². The number of hydrogen-bond acceptors (Lipinski definition) is 4. The Morgan fingerprint density at radius 1 is 1.11 bits per heavy atom. The number of anilines is 1. The van der Waals surface area contributed by atoms with Crippen molar-refractivity contribution in [1.82, 2.24) is 0 Å². The van der Waals surface area contributed by atoms with Gasteiger partial charge >= 0.3 is 0 Å². The van der Waals surface area contributed by atoms with Crippen molar-refractivity contribution in [3.05, 3.63) is 65.2 Å². The Hall–Kier alpha value is -2.46. The van der Waals surface area contributed by atoms with E-state index in [9.17, 15) is 4.79 Å². The van der Waals surface area contributed by atoms with E-state index in [0.29, 0.717) is 6.42 Å². The van der Waals surface area contributed by atoms with Crippen LogP contribution in [0.3, 0.4) is 0 Å². The number of aliphatic imine (C=N–C) groups is 1. The molecule has 0 N–H and O–H groups in total. The van der Waals surface area contributed by atoms with Gasteiger partial charge in [0.25, 0.3) is 0 Å². The van der Waals surface area contributed by atoms with Crippen LogP contribution in [0.2, 0.25) is 0 Å². The van der Waals surface area contributed by atoms with Crippen LogP contribution in [0.15, 0.2) is 53.5 Å². The van der Waals surface area contributed by atoms with Gasteiger partial charge in [0.05, 0.1) is 30.9 Å². The zero-order valence-corrected chi connectivity index (χ0v) is 16.1. The zero-order valence-electron chi connectivity index (χ0n) is 16.1. The fraction of sp³-hybridized carbons (Fsp3) is 0.391. The minimum Gasteiger partial charge on any atom is -0.378 e. The third kappa shape index (κ3) is 3.96. The van der Waals surface area contributed by atoms with Crippen LogP contribution in [0.25, 0.3) is 0 Å². The maximum absolute atomic E-state index is 12.7. The largest absolute Gasteiger partial charge is 0.378 e. The number of hydrogen-bond donors (Lipinski definition) is 0. The number of ketones is 1. The summed E-state index contributed by atoms with van der Waals surface area (Å²) >= 11 is 0. The zero-order chi connectivity index (χ0) is 18.9. The van der Waals surface area contributed by atoms with E-state index in [-0.39, 0.29) is 11.3 Å². The Kier molecular flexibility index (Phi) is 4.83. The summed E-state index contributed by atoms with van der Waals surface area (Å²) in [7, 11) is 0. The lowest BCUT2D eigenvalue weighted by Crippen LogP contribution is -2.36. The molecule has 4 rings (SSSR count). The highest BCUT2D eigenvalue weighted by molar-refractivity contribution is 6.16. The minimum atomic E-state index is -0.192. The molecule has 140 valence electrons. The van der Waals surface area contributed by atoms with Gasteiger partial charge in [0, 0.05) is 24.3 Å². The maximum atomic E-state index is 12.7. The Balaban J connectivity index is 1.63. The van der Waals surface area contributed by atoms with Gasteiger partial charge in [-0.1, -0.05) is 36.4 Å². The van der Waals surface area contributed by atoms with Gasteiger partial charge in [0.1, 0.15) is 0 Å². The number of nitrogens with zero attached hydrogens (tertiary/aromatic N) is 2. The van der Waals surface area contributed by atoms with Crippen LogP contribution in [0.1, 0.15) is 41.8 Å². The summed E-state index contributed by atoms with van der Waals surface area (Å²) in [6, 6.07) is 16.1. The summed E-state index contributed by atoms with van der Waals surface area (Å²) in [6.45, 7) is 7.70. The number of carbonyl (C=O) groups excluding carboxylic acids is 1. The summed E-state index contributed by atoms with van der Waals surface area (Å²) in [5.41, 5.74) is 5.11. The number of fused-ring (bicyclic) bond motifs is 1. The first-order valence-corrected chi connectivity index (χ1v) is 9.65. The molecule has 2 aliphatic heterocycles. The molecule has 4 nitrogen and oxygen atoms in total. The van der Waals surface area contributed by atoms with E-state index in [1.807, 2.05) is 30.3 Å². The molecule has 1 saturated heterocycles. The quantitative estimate of drug-likeness (QED) is 0.774. The maximum Gasteiger partial charge on any atom is 0.168 e. The number of morpholine rings is 1.